The van der Waals surface area contributed by atoms with Crippen molar-refractivity contribution < 1.29 is 14.3 Å². The molecule has 8 nitrogen and oxygen atoms in total. The SMILES string of the molecule is CCCCN1C(=O)CC[C@H](C(=O)Nc2c(C)n(C)n(-c3ccccc3)c2=O)[C@@H]1c1ccc(OC)cc1. The van der Waals surface area contributed by atoms with Gasteiger partial charge in [0.05, 0.1) is 30.5 Å². The fourth-order valence-corrected chi connectivity index (χ4v) is 4.96. The van der Waals surface area contributed by atoms with E-state index in [1.54, 1.807) is 23.5 Å². The van der Waals surface area contributed by atoms with Gasteiger partial charge in [-0.1, -0.05) is 43.7 Å². The molecule has 3 aromatic rings. The Bertz CT molecular complexity index is 1280. The lowest BCUT2D eigenvalue weighted by molar-refractivity contribution is -0.142. The van der Waals surface area contributed by atoms with Gasteiger partial charge in [0.25, 0.3) is 5.56 Å². The van der Waals surface area contributed by atoms with Gasteiger partial charge in [-0.3, -0.25) is 19.1 Å². The van der Waals surface area contributed by atoms with Gasteiger partial charge in [-0.25, -0.2) is 4.68 Å². The van der Waals surface area contributed by atoms with Crippen molar-refractivity contribution in [1.82, 2.24) is 14.3 Å². The molecule has 1 saturated heterocycles. The predicted molar refractivity (Wildman–Crippen MR) is 139 cm³/mol. The summed E-state index contributed by atoms with van der Waals surface area (Å²) < 4.78 is 8.59. The number of aromatic nitrogens is 2. The molecule has 0 bridgehead atoms. The molecule has 8 heteroatoms. The monoisotopic (exact) mass is 490 g/mol. The molecule has 1 fully saturated rings. The third-order valence-electron chi connectivity index (χ3n) is 7.06. The number of hydrogen-bond donors (Lipinski definition) is 1. The summed E-state index contributed by atoms with van der Waals surface area (Å²) in [5.74, 6) is 0.0203. The highest BCUT2D eigenvalue weighted by molar-refractivity contribution is 5.95. The molecule has 2 amide bonds. The van der Waals surface area contributed by atoms with Gasteiger partial charge in [0.15, 0.2) is 0 Å². The number of piperidine rings is 1. The standard InChI is InChI=1S/C28H34N4O4/c1-5-6-18-31-24(33)17-16-23(26(31)20-12-14-22(36-4)15-13-20)27(34)29-25-19(2)30(3)32(28(25)35)21-10-8-7-9-11-21/h7-15,23,26H,5-6,16-18H2,1-4H3,(H,29,34)/t23-,26-/m0/s1. The minimum atomic E-state index is -0.489. The Labute approximate surface area is 211 Å². The third-order valence-corrected chi connectivity index (χ3v) is 7.06. The average Bonchev–Trinajstić information content (AvgIpc) is 3.11. The second kappa shape index (κ2) is 10.8. The highest BCUT2D eigenvalue weighted by atomic mass is 16.5. The molecule has 1 aliphatic rings. The summed E-state index contributed by atoms with van der Waals surface area (Å²) in [7, 11) is 3.40. The first-order valence-corrected chi connectivity index (χ1v) is 12.5. The number of benzene rings is 2. The van der Waals surface area contributed by atoms with Crippen molar-refractivity contribution in [2.75, 3.05) is 19.0 Å². The van der Waals surface area contributed by atoms with Gasteiger partial charge in [0.1, 0.15) is 11.4 Å². The van der Waals surface area contributed by atoms with Crippen LogP contribution in [0.5, 0.6) is 5.75 Å². The van der Waals surface area contributed by atoms with E-state index in [1.165, 1.54) is 0 Å². The van der Waals surface area contributed by atoms with Crippen molar-refractivity contribution in [2.24, 2.45) is 13.0 Å². The van der Waals surface area contributed by atoms with Crippen LogP contribution in [0.15, 0.2) is 59.4 Å². The lowest BCUT2D eigenvalue weighted by Gasteiger charge is -2.41. The first-order valence-electron chi connectivity index (χ1n) is 12.5. The highest BCUT2D eigenvalue weighted by Crippen LogP contribution is 2.38. The van der Waals surface area contributed by atoms with Crippen molar-refractivity contribution in [3.05, 3.63) is 76.2 Å². The number of nitrogens with zero attached hydrogens (tertiary/aromatic N) is 3. The predicted octanol–water partition coefficient (Wildman–Crippen LogP) is 4.21. The maximum absolute atomic E-state index is 13.7. The number of ether oxygens (including phenoxy) is 1. The van der Waals surface area contributed by atoms with E-state index in [9.17, 15) is 14.4 Å². The largest absolute Gasteiger partial charge is 0.497 e. The number of carbonyl (C=O) groups excluding carboxylic acids is 2. The van der Waals surface area contributed by atoms with Crippen molar-refractivity contribution in [3.63, 3.8) is 0 Å². The molecule has 0 unspecified atom stereocenters. The van der Waals surface area contributed by atoms with Crippen LogP contribution in [0.25, 0.3) is 5.69 Å². The summed E-state index contributed by atoms with van der Waals surface area (Å²) in [6.45, 7) is 4.48. The number of amides is 2. The van der Waals surface area contributed by atoms with E-state index in [-0.39, 0.29) is 23.1 Å². The zero-order chi connectivity index (χ0) is 25.8. The molecule has 36 heavy (non-hydrogen) atoms. The number of methoxy groups -OCH3 is 1. The molecule has 4 rings (SSSR count). The van der Waals surface area contributed by atoms with Crippen LogP contribution in [0.2, 0.25) is 0 Å². The van der Waals surface area contributed by atoms with E-state index < -0.39 is 12.0 Å². The Morgan fingerprint density at radius 2 is 1.78 bits per heavy atom. The molecule has 1 N–H and O–H groups in total. The van der Waals surface area contributed by atoms with E-state index in [1.807, 2.05) is 66.4 Å². The van der Waals surface area contributed by atoms with Crippen LogP contribution in [0.3, 0.4) is 0 Å². The van der Waals surface area contributed by atoms with E-state index >= 15 is 0 Å². The zero-order valence-corrected chi connectivity index (χ0v) is 21.4. The van der Waals surface area contributed by atoms with Gasteiger partial charge in [-0.15, -0.1) is 0 Å². The van der Waals surface area contributed by atoms with Crippen LogP contribution < -0.4 is 15.6 Å². The molecule has 0 spiro atoms. The number of anilines is 1. The van der Waals surface area contributed by atoms with E-state index in [0.29, 0.717) is 30.8 Å². The molecule has 0 aliphatic carbocycles. The quantitative estimate of drug-likeness (QED) is 0.513. The van der Waals surface area contributed by atoms with E-state index in [2.05, 4.69) is 12.2 Å². The maximum Gasteiger partial charge on any atom is 0.295 e. The minimum Gasteiger partial charge on any atom is -0.497 e. The molecule has 1 aromatic heterocycles. The molecule has 2 atom stereocenters. The topological polar surface area (TPSA) is 85.6 Å². The maximum atomic E-state index is 13.7. The second-order valence-corrected chi connectivity index (χ2v) is 9.23. The lowest BCUT2D eigenvalue weighted by atomic mass is 9.83. The van der Waals surface area contributed by atoms with E-state index in [0.717, 1.165) is 24.1 Å². The molecule has 0 saturated carbocycles. The fraction of sp³-hybridized carbons (Fsp3) is 0.393. The zero-order valence-electron chi connectivity index (χ0n) is 21.4. The van der Waals surface area contributed by atoms with Gasteiger partial charge in [0.2, 0.25) is 11.8 Å². The summed E-state index contributed by atoms with van der Waals surface area (Å²) in [6.07, 6.45) is 2.52. The first-order chi connectivity index (χ1) is 17.4. The van der Waals surface area contributed by atoms with Gasteiger partial charge in [0, 0.05) is 20.0 Å². The molecule has 1 aliphatic heterocycles. The van der Waals surface area contributed by atoms with Crippen LogP contribution >= 0.6 is 0 Å². The van der Waals surface area contributed by atoms with Gasteiger partial charge >= 0.3 is 0 Å². The summed E-state index contributed by atoms with van der Waals surface area (Å²) in [5, 5.41) is 2.94. The van der Waals surface area contributed by atoms with Crippen LogP contribution in [-0.2, 0) is 16.6 Å². The van der Waals surface area contributed by atoms with Crippen molar-refractivity contribution >= 4 is 17.5 Å². The Hall–Kier alpha value is -3.81. The highest BCUT2D eigenvalue weighted by Gasteiger charge is 2.40. The third kappa shape index (κ3) is 4.80. The fourth-order valence-electron chi connectivity index (χ4n) is 4.96. The normalized spacial score (nSPS) is 17.8. The summed E-state index contributed by atoms with van der Waals surface area (Å²) in [4.78, 5) is 41.9. The summed E-state index contributed by atoms with van der Waals surface area (Å²) >= 11 is 0. The lowest BCUT2D eigenvalue weighted by Crippen LogP contribution is -2.47. The Kier molecular flexibility index (Phi) is 7.62. The van der Waals surface area contributed by atoms with Gasteiger partial charge < -0.3 is 15.0 Å². The first kappa shape index (κ1) is 25.3. The molecular formula is C28H34N4O4. The summed E-state index contributed by atoms with van der Waals surface area (Å²) in [6, 6.07) is 16.4. The molecule has 0 radical (unpaired) electrons. The van der Waals surface area contributed by atoms with Crippen LogP contribution in [0, 0.1) is 12.8 Å². The Morgan fingerprint density at radius 3 is 2.42 bits per heavy atom. The number of nitrogens with one attached hydrogen (secondary N) is 1. The number of rotatable bonds is 8. The Morgan fingerprint density at radius 1 is 1.08 bits per heavy atom. The number of hydrogen-bond acceptors (Lipinski definition) is 4. The molecule has 2 aromatic carbocycles. The number of para-hydroxylation sites is 1. The molecule has 2 heterocycles. The molecular weight excluding hydrogens is 456 g/mol. The summed E-state index contributed by atoms with van der Waals surface area (Å²) in [5.41, 5.74) is 2.24. The second-order valence-electron chi connectivity index (χ2n) is 9.23. The minimum absolute atomic E-state index is 0.0515. The van der Waals surface area contributed by atoms with Crippen LogP contribution in [-0.4, -0.2) is 39.7 Å². The van der Waals surface area contributed by atoms with Crippen LogP contribution in [0.1, 0.15) is 49.9 Å². The smallest absolute Gasteiger partial charge is 0.295 e. The average molecular weight is 491 g/mol. The number of carbonyl (C=O) groups is 2. The van der Waals surface area contributed by atoms with Crippen LogP contribution in [0.4, 0.5) is 5.69 Å². The Balaban J connectivity index is 1.69. The molecule has 190 valence electrons. The number of likely N-dealkylation sites (tertiary alicyclic amines) is 1. The van der Waals surface area contributed by atoms with Crippen molar-refractivity contribution in [2.45, 2.75) is 45.6 Å². The van der Waals surface area contributed by atoms with Gasteiger partial charge in [-0.05, 0) is 49.6 Å². The van der Waals surface area contributed by atoms with Gasteiger partial charge in [-0.2, -0.15) is 0 Å². The van der Waals surface area contributed by atoms with E-state index in [4.69, 9.17) is 4.74 Å². The number of unbranched alkanes of at least 4 members (excludes halogenated alkanes) is 1. The van der Waals surface area contributed by atoms with Crippen molar-refractivity contribution in [1.29, 1.82) is 0 Å². The van der Waals surface area contributed by atoms with Crippen molar-refractivity contribution in [3.8, 4) is 11.4 Å².